The van der Waals surface area contributed by atoms with Gasteiger partial charge in [-0.2, -0.15) is 0 Å². The molecule has 76 valence electrons. The maximum absolute atomic E-state index is 10.9. The van der Waals surface area contributed by atoms with E-state index in [1.54, 1.807) is 4.90 Å². The normalized spacial score (nSPS) is 23.6. The number of carbonyl (C=O) groups is 1. The Morgan fingerprint density at radius 2 is 2.23 bits per heavy atom. The van der Waals surface area contributed by atoms with Gasteiger partial charge in [0.05, 0.1) is 0 Å². The van der Waals surface area contributed by atoms with Crippen LogP contribution in [0, 0.1) is 0 Å². The SMILES string of the molecule is CN(C)CC1CCCCN1C(=O)O. The molecule has 1 aliphatic rings. The van der Waals surface area contributed by atoms with Crippen LogP contribution in [0.25, 0.3) is 0 Å². The molecule has 0 aromatic heterocycles. The number of likely N-dealkylation sites (tertiary alicyclic amines) is 1. The summed E-state index contributed by atoms with van der Waals surface area (Å²) in [5, 5.41) is 8.93. The van der Waals surface area contributed by atoms with Crippen molar-refractivity contribution in [2.24, 2.45) is 0 Å². The summed E-state index contributed by atoms with van der Waals surface area (Å²) in [4.78, 5) is 14.5. The third-order valence-electron chi connectivity index (χ3n) is 2.45. The molecule has 1 saturated heterocycles. The lowest BCUT2D eigenvalue weighted by Gasteiger charge is -2.35. The molecule has 0 aromatic carbocycles. The van der Waals surface area contributed by atoms with Gasteiger partial charge < -0.3 is 14.9 Å². The van der Waals surface area contributed by atoms with Gasteiger partial charge in [-0.15, -0.1) is 0 Å². The number of piperidine rings is 1. The predicted molar refractivity (Wildman–Crippen MR) is 50.9 cm³/mol. The molecule has 1 fully saturated rings. The summed E-state index contributed by atoms with van der Waals surface area (Å²) in [7, 11) is 3.96. The predicted octanol–water partition coefficient (Wildman–Crippen LogP) is 1.08. The van der Waals surface area contributed by atoms with E-state index in [1.807, 2.05) is 19.0 Å². The van der Waals surface area contributed by atoms with Crippen molar-refractivity contribution in [2.75, 3.05) is 27.2 Å². The maximum atomic E-state index is 10.9. The number of amides is 1. The molecule has 4 heteroatoms. The first-order valence-corrected chi connectivity index (χ1v) is 4.75. The van der Waals surface area contributed by atoms with E-state index >= 15 is 0 Å². The molecule has 1 amide bonds. The average molecular weight is 186 g/mol. The third-order valence-corrected chi connectivity index (χ3v) is 2.45. The maximum Gasteiger partial charge on any atom is 0.407 e. The molecule has 0 bridgehead atoms. The molecule has 13 heavy (non-hydrogen) atoms. The highest BCUT2D eigenvalue weighted by molar-refractivity contribution is 5.65. The second kappa shape index (κ2) is 4.46. The average Bonchev–Trinajstić information content (AvgIpc) is 2.03. The fourth-order valence-electron chi connectivity index (χ4n) is 1.86. The van der Waals surface area contributed by atoms with Crippen molar-refractivity contribution >= 4 is 6.09 Å². The highest BCUT2D eigenvalue weighted by Gasteiger charge is 2.26. The van der Waals surface area contributed by atoms with Crippen molar-refractivity contribution in [1.82, 2.24) is 9.80 Å². The first kappa shape index (κ1) is 10.3. The topological polar surface area (TPSA) is 43.8 Å². The second-order valence-electron chi connectivity index (χ2n) is 3.89. The lowest BCUT2D eigenvalue weighted by atomic mass is 10.0. The fourth-order valence-corrected chi connectivity index (χ4v) is 1.86. The minimum atomic E-state index is -0.772. The third kappa shape index (κ3) is 2.88. The number of rotatable bonds is 2. The minimum Gasteiger partial charge on any atom is -0.465 e. The lowest BCUT2D eigenvalue weighted by molar-refractivity contribution is 0.0954. The van der Waals surface area contributed by atoms with Gasteiger partial charge in [-0.05, 0) is 33.4 Å². The van der Waals surface area contributed by atoms with Crippen LogP contribution in [0.15, 0.2) is 0 Å². The van der Waals surface area contributed by atoms with Crippen LogP contribution in [0.2, 0.25) is 0 Å². The second-order valence-corrected chi connectivity index (χ2v) is 3.89. The molecule has 0 spiro atoms. The highest BCUT2D eigenvalue weighted by Crippen LogP contribution is 2.17. The van der Waals surface area contributed by atoms with Crippen LogP contribution in [-0.2, 0) is 0 Å². The Kier molecular flexibility index (Phi) is 3.54. The monoisotopic (exact) mass is 186 g/mol. The quantitative estimate of drug-likeness (QED) is 0.701. The summed E-state index contributed by atoms with van der Waals surface area (Å²) in [5.41, 5.74) is 0. The number of carboxylic acid groups (broad SMARTS) is 1. The summed E-state index contributed by atoms with van der Waals surface area (Å²) in [6.45, 7) is 1.54. The van der Waals surface area contributed by atoms with Crippen molar-refractivity contribution in [3.8, 4) is 0 Å². The van der Waals surface area contributed by atoms with E-state index in [0.29, 0.717) is 6.54 Å². The summed E-state index contributed by atoms with van der Waals surface area (Å²) in [6, 6.07) is 0.196. The molecule has 1 atom stereocenters. The smallest absolute Gasteiger partial charge is 0.407 e. The highest BCUT2D eigenvalue weighted by atomic mass is 16.4. The minimum absolute atomic E-state index is 0.196. The van der Waals surface area contributed by atoms with Gasteiger partial charge in [0, 0.05) is 19.1 Å². The zero-order chi connectivity index (χ0) is 9.84. The van der Waals surface area contributed by atoms with Crippen molar-refractivity contribution < 1.29 is 9.90 Å². The van der Waals surface area contributed by atoms with Crippen LogP contribution in [-0.4, -0.2) is 54.2 Å². The summed E-state index contributed by atoms with van der Waals surface area (Å²) < 4.78 is 0. The van der Waals surface area contributed by atoms with Crippen molar-refractivity contribution in [3.63, 3.8) is 0 Å². The van der Waals surface area contributed by atoms with Crippen LogP contribution in [0.3, 0.4) is 0 Å². The zero-order valence-corrected chi connectivity index (χ0v) is 8.36. The Labute approximate surface area is 79.1 Å². The Morgan fingerprint density at radius 3 is 2.77 bits per heavy atom. The van der Waals surface area contributed by atoms with Gasteiger partial charge in [0.15, 0.2) is 0 Å². The van der Waals surface area contributed by atoms with Crippen molar-refractivity contribution in [3.05, 3.63) is 0 Å². The Morgan fingerprint density at radius 1 is 1.54 bits per heavy atom. The van der Waals surface area contributed by atoms with Crippen LogP contribution in [0.1, 0.15) is 19.3 Å². The summed E-state index contributed by atoms with van der Waals surface area (Å²) in [5.74, 6) is 0. The van der Waals surface area contributed by atoms with E-state index < -0.39 is 6.09 Å². The Bertz CT molecular complexity index is 182. The first-order chi connectivity index (χ1) is 6.11. The number of likely N-dealkylation sites (N-methyl/N-ethyl adjacent to an activating group) is 1. The molecule has 1 unspecified atom stereocenters. The molecular weight excluding hydrogens is 168 g/mol. The van der Waals surface area contributed by atoms with Gasteiger partial charge >= 0.3 is 6.09 Å². The molecule has 0 aromatic rings. The number of hydrogen-bond acceptors (Lipinski definition) is 2. The number of hydrogen-bond donors (Lipinski definition) is 1. The Balaban J connectivity index is 2.51. The van der Waals surface area contributed by atoms with Crippen LogP contribution in [0.5, 0.6) is 0 Å². The molecule has 0 radical (unpaired) electrons. The molecule has 1 N–H and O–H groups in total. The van der Waals surface area contributed by atoms with E-state index in [2.05, 4.69) is 0 Å². The zero-order valence-electron chi connectivity index (χ0n) is 8.36. The van der Waals surface area contributed by atoms with Crippen LogP contribution >= 0.6 is 0 Å². The molecule has 1 heterocycles. The molecule has 1 aliphatic heterocycles. The van der Waals surface area contributed by atoms with E-state index in [9.17, 15) is 4.79 Å². The molecule has 1 rings (SSSR count). The van der Waals surface area contributed by atoms with E-state index in [4.69, 9.17) is 5.11 Å². The van der Waals surface area contributed by atoms with Gasteiger partial charge in [-0.3, -0.25) is 0 Å². The largest absolute Gasteiger partial charge is 0.465 e. The molecule has 4 nitrogen and oxygen atoms in total. The van der Waals surface area contributed by atoms with Crippen LogP contribution < -0.4 is 0 Å². The van der Waals surface area contributed by atoms with Gasteiger partial charge in [-0.25, -0.2) is 4.79 Å². The molecule has 0 saturated carbocycles. The standard InChI is InChI=1S/C9H18N2O2/c1-10(2)7-8-5-3-4-6-11(8)9(12)13/h8H,3-7H2,1-2H3,(H,12,13). The van der Waals surface area contributed by atoms with Crippen molar-refractivity contribution in [2.45, 2.75) is 25.3 Å². The summed E-state index contributed by atoms with van der Waals surface area (Å²) >= 11 is 0. The van der Waals surface area contributed by atoms with Crippen LogP contribution in [0.4, 0.5) is 4.79 Å². The lowest BCUT2D eigenvalue weighted by Crippen LogP contribution is -2.47. The van der Waals surface area contributed by atoms with Gasteiger partial charge in [0.1, 0.15) is 0 Å². The summed E-state index contributed by atoms with van der Waals surface area (Å²) in [6.07, 6.45) is 2.40. The first-order valence-electron chi connectivity index (χ1n) is 4.75. The van der Waals surface area contributed by atoms with E-state index in [1.165, 1.54) is 0 Å². The Hall–Kier alpha value is -0.770. The van der Waals surface area contributed by atoms with E-state index in [0.717, 1.165) is 25.8 Å². The fraction of sp³-hybridized carbons (Fsp3) is 0.889. The molecule has 0 aliphatic carbocycles. The molecular formula is C9H18N2O2. The van der Waals surface area contributed by atoms with Crippen molar-refractivity contribution in [1.29, 1.82) is 0 Å². The van der Waals surface area contributed by atoms with Gasteiger partial charge in [0.25, 0.3) is 0 Å². The van der Waals surface area contributed by atoms with E-state index in [-0.39, 0.29) is 6.04 Å². The van der Waals surface area contributed by atoms with Gasteiger partial charge in [0.2, 0.25) is 0 Å². The number of nitrogens with zero attached hydrogens (tertiary/aromatic N) is 2. The van der Waals surface area contributed by atoms with Gasteiger partial charge in [-0.1, -0.05) is 0 Å².